The molecule has 4 aromatic rings. The van der Waals surface area contributed by atoms with E-state index in [1.807, 2.05) is 30.3 Å². The summed E-state index contributed by atoms with van der Waals surface area (Å²) in [5, 5.41) is 6.97. The van der Waals surface area contributed by atoms with E-state index in [0.29, 0.717) is 28.4 Å². The third-order valence-electron chi connectivity index (χ3n) is 4.72. The quantitative estimate of drug-likeness (QED) is 0.453. The van der Waals surface area contributed by atoms with Gasteiger partial charge in [0.25, 0.3) is 5.56 Å². The third-order valence-corrected chi connectivity index (χ3v) is 4.72. The van der Waals surface area contributed by atoms with E-state index in [1.165, 1.54) is 37.4 Å². The molecule has 1 N–H and O–H groups in total. The third kappa shape index (κ3) is 5.43. The smallest absolute Gasteiger partial charge is 0.267 e. The second-order valence-corrected chi connectivity index (χ2v) is 7.05. The van der Waals surface area contributed by atoms with Crippen molar-refractivity contribution in [2.24, 2.45) is 0 Å². The van der Waals surface area contributed by atoms with Crippen LogP contribution < -0.4 is 20.3 Å². The van der Waals surface area contributed by atoms with Crippen LogP contribution in [0, 0.1) is 5.82 Å². The van der Waals surface area contributed by atoms with Crippen molar-refractivity contribution in [3.63, 3.8) is 0 Å². The van der Waals surface area contributed by atoms with Crippen molar-refractivity contribution in [2.75, 3.05) is 12.4 Å². The average Bonchev–Trinajstić information content (AvgIpc) is 2.82. The second kappa shape index (κ2) is 9.78. The minimum atomic E-state index is -0.455. The van der Waals surface area contributed by atoms with Gasteiger partial charge in [0, 0.05) is 23.4 Å². The zero-order chi connectivity index (χ0) is 23.2. The van der Waals surface area contributed by atoms with Gasteiger partial charge in [-0.25, -0.2) is 9.07 Å². The molecule has 7 nitrogen and oxygen atoms in total. The van der Waals surface area contributed by atoms with Crippen LogP contribution >= 0.6 is 0 Å². The summed E-state index contributed by atoms with van der Waals surface area (Å²) < 4.78 is 25.5. The lowest BCUT2D eigenvalue weighted by molar-refractivity contribution is -0.117. The molecule has 0 unspecified atom stereocenters. The molecular formula is C25H20FN3O4. The maximum absolute atomic E-state index is 13.5. The van der Waals surface area contributed by atoms with E-state index in [4.69, 9.17) is 9.47 Å². The van der Waals surface area contributed by atoms with Crippen molar-refractivity contribution in [2.45, 2.75) is 6.54 Å². The molecule has 0 aliphatic carbocycles. The fourth-order valence-corrected chi connectivity index (χ4v) is 3.15. The molecular weight excluding hydrogens is 425 g/mol. The highest BCUT2D eigenvalue weighted by Crippen LogP contribution is 2.28. The largest absolute Gasteiger partial charge is 0.496 e. The summed E-state index contributed by atoms with van der Waals surface area (Å²) in [5.74, 6) is 0.721. The summed E-state index contributed by atoms with van der Waals surface area (Å²) >= 11 is 0. The lowest BCUT2D eigenvalue weighted by atomic mass is 10.1. The predicted octanol–water partition coefficient (Wildman–Crippen LogP) is 4.49. The molecule has 4 rings (SSSR count). The van der Waals surface area contributed by atoms with Crippen molar-refractivity contribution in [1.82, 2.24) is 9.78 Å². The Hall–Kier alpha value is -4.46. The Morgan fingerprint density at radius 2 is 1.70 bits per heavy atom. The number of nitrogens with zero attached hydrogens (tertiary/aromatic N) is 2. The molecule has 0 atom stereocenters. The summed E-state index contributed by atoms with van der Waals surface area (Å²) in [6, 6.07) is 23.0. The molecule has 0 radical (unpaired) electrons. The summed E-state index contributed by atoms with van der Waals surface area (Å²) in [6.07, 6.45) is 0. The first-order chi connectivity index (χ1) is 16.0. The molecule has 0 saturated heterocycles. The highest BCUT2D eigenvalue weighted by atomic mass is 19.1. The number of carbonyl (C=O) groups is 1. The lowest BCUT2D eigenvalue weighted by Crippen LogP contribution is -2.29. The Kier molecular flexibility index (Phi) is 6.45. The molecule has 8 heteroatoms. The normalized spacial score (nSPS) is 10.5. The summed E-state index contributed by atoms with van der Waals surface area (Å²) in [6.45, 7) is -0.293. The summed E-state index contributed by atoms with van der Waals surface area (Å²) in [7, 11) is 1.41. The van der Waals surface area contributed by atoms with Crippen LogP contribution in [-0.2, 0) is 11.3 Å². The van der Waals surface area contributed by atoms with Gasteiger partial charge in [0.2, 0.25) is 5.91 Å². The van der Waals surface area contributed by atoms with E-state index in [1.54, 1.807) is 24.3 Å². The van der Waals surface area contributed by atoms with Gasteiger partial charge in [-0.2, -0.15) is 5.10 Å². The number of hydrogen-bond acceptors (Lipinski definition) is 5. The van der Waals surface area contributed by atoms with E-state index in [2.05, 4.69) is 10.4 Å². The van der Waals surface area contributed by atoms with E-state index in [9.17, 15) is 14.0 Å². The lowest BCUT2D eigenvalue weighted by Gasteiger charge is -2.11. The van der Waals surface area contributed by atoms with Crippen molar-refractivity contribution < 1.29 is 18.7 Å². The van der Waals surface area contributed by atoms with Crippen LogP contribution in [0.1, 0.15) is 0 Å². The maximum Gasteiger partial charge on any atom is 0.267 e. The molecule has 1 aromatic heterocycles. The SMILES string of the molecule is COc1cc(F)ccc1-c1ccc(=O)n(CC(=O)Nc2ccc(Oc3ccccc3)cc2)n1. The molecule has 0 aliphatic heterocycles. The molecule has 3 aromatic carbocycles. The number of benzene rings is 3. The van der Waals surface area contributed by atoms with Gasteiger partial charge in [-0.1, -0.05) is 18.2 Å². The fraction of sp³-hybridized carbons (Fsp3) is 0.0800. The van der Waals surface area contributed by atoms with E-state index in [0.717, 1.165) is 4.68 Å². The number of hydrogen-bond donors (Lipinski definition) is 1. The maximum atomic E-state index is 13.5. The van der Waals surface area contributed by atoms with Crippen LogP contribution in [0.15, 0.2) is 89.7 Å². The molecule has 1 heterocycles. The predicted molar refractivity (Wildman–Crippen MR) is 122 cm³/mol. The number of methoxy groups -OCH3 is 1. The first-order valence-corrected chi connectivity index (χ1v) is 10.1. The fourth-order valence-electron chi connectivity index (χ4n) is 3.15. The Morgan fingerprint density at radius 3 is 2.42 bits per heavy atom. The van der Waals surface area contributed by atoms with Gasteiger partial charge in [-0.15, -0.1) is 0 Å². The number of ether oxygens (including phenoxy) is 2. The average molecular weight is 445 g/mol. The number of halogens is 1. The molecule has 0 spiro atoms. The van der Waals surface area contributed by atoms with Crippen LogP contribution in [-0.4, -0.2) is 22.8 Å². The van der Waals surface area contributed by atoms with Crippen molar-refractivity contribution in [3.8, 4) is 28.5 Å². The van der Waals surface area contributed by atoms with Crippen LogP contribution in [0.25, 0.3) is 11.3 Å². The highest BCUT2D eigenvalue weighted by molar-refractivity contribution is 5.90. The molecule has 0 fully saturated rings. The Labute approximate surface area is 189 Å². The van der Waals surface area contributed by atoms with Crippen LogP contribution in [0.5, 0.6) is 17.2 Å². The number of anilines is 1. The van der Waals surface area contributed by atoms with E-state index >= 15 is 0 Å². The van der Waals surface area contributed by atoms with Gasteiger partial charge in [0.05, 0.1) is 12.8 Å². The molecule has 33 heavy (non-hydrogen) atoms. The zero-order valence-corrected chi connectivity index (χ0v) is 17.7. The number of aromatic nitrogens is 2. The molecule has 0 bridgehead atoms. The first kappa shape index (κ1) is 21.8. The Morgan fingerprint density at radius 1 is 0.970 bits per heavy atom. The monoisotopic (exact) mass is 445 g/mol. The molecule has 0 saturated carbocycles. The zero-order valence-electron chi connectivity index (χ0n) is 17.7. The van der Waals surface area contributed by atoms with Crippen LogP contribution in [0.4, 0.5) is 10.1 Å². The van der Waals surface area contributed by atoms with Gasteiger partial charge in [0.15, 0.2) is 0 Å². The van der Waals surface area contributed by atoms with Gasteiger partial charge >= 0.3 is 0 Å². The number of nitrogens with one attached hydrogen (secondary N) is 1. The van der Waals surface area contributed by atoms with Crippen LogP contribution in [0.3, 0.4) is 0 Å². The minimum absolute atomic E-state index is 0.273. The minimum Gasteiger partial charge on any atom is -0.496 e. The van der Waals surface area contributed by atoms with Gasteiger partial charge in [0.1, 0.15) is 29.6 Å². The topological polar surface area (TPSA) is 82.5 Å². The Balaban J connectivity index is 1.45. The van der Waals surface area contributed by atoms with Crippen molar-refractivity contribution in [1.29, 1.82) is 0 Å². The van der Waals surface area contributed by atoms with Gasteiger partial charge in [-0.3, -0.25) is 9.59 Å². The Bertz CT molecular complexity index is 1320. The van der Waals surface area contributed by atoms with Gasteiger partial charge < -0.3 is 14.8 Å². The molecule has 1 amide bonds. The standard InChI is InChI=1S/C25H20FN3O4/c1-32-23-15-17(26)7-12-21(23)22-13-14-25(31)29(28-22)16-24(30)27-18-8-10-20(11-9-18)33-19-5-3-2-4-6-19/h2-15H,16H2,1H3,(H,27,30). The van der Waals surface area contributed by atoms with Crippen LogP contribution in [0.2, 0.25) is 0 Å². The van der Waals surface area contributed by atoms with Crippen molar-refractivity contribution >= 4 is 11.6 Å². The summed E-state index contributed by atoms with van der Waals surface area (Å²) in [4.78, 5) is 24.7. The number of amides is 1. The van der Waals surface area contributed by atoms with E-state index in [-0.39, 0.29) is 12.3 Å². The number of rotatable bonds is 7. The van der Waals surface area contributed by atoms with Gasteiger partial charge in [-0.05, 0) is 54.6 Å². The number of carbonyl (C=O) groups excluding carboxylic acids is 1. The molecule has 0 aliphatic rings. The van der Waals surface area contributed by atoms with Crippen molar-refractivity contribution in [3.05, 3.63) is 101 Å². The number of para-hydroxylation sites is 1. The highest BCUT2D eigenvalue weighted by Gasteiger charge is 2.12. The van der Waals surface area contributed by atoms with E-state index < -0.39 is 17.3 Å². The first-order valence-electron chi connectivity index (χ1n) is 10.1. The molecule has 166 valence electrons. The summed E-state index contributed by atoms with van der Waals surface area (Å²) in [5.41, 5.74) is 0.982. The second-order valence-electron chi connectivity index (χ2n) is 7.05.